The van der Waals surface area contributed by atoms with E-state index in [1.807, 2.05) is 0 Å². The zero-order valence-corrected chi connectivity index (χ0v) is 20.4. The molecule has 0 unspecified atom stereocenters. The van der Waals surface area contributed by atoms with Gasteiger partial charge in [0.1, 0.15) is 12.4 Å². The van der Waals surface area contributed by atoms with Crippen molar-refractivity contribution in [1.82, 2.24) is 4.90 Å². The molecule has 1 saturated heterocycles. The summed E-state index contributed by atoms with van der Waals surface area (Å²) >= 11 is 13.4. The van der Waals surface area contributed by atoms with Gasteiger partial charge in [0.2, 0.25) is 5.91 Å². The first kappa shape index (κ1) is 24.4. The van der Waals surface area contributed by atoms with Gasteiger partial charge in [0.25, 0.3) is 5.24 Å². The van der Waals surface area contributed by atoms with Crippen molar-refractivity contribution < 1.29 is 23.5 Å². The van der Waals surface area contributed by atoms with Gasteiger partial charge in [-0.05, 0) is 59.5 Å². The van der Waals surface area contributed by atoms with Crippen LogP contribution in [0.1, 0.15) is 16.7 Å². The molecule has 0 aliphatic carbocycles. The first-order valence-corrected chi connectivity index (χ1v) is 12.0. The number of amides is 2. The highest BCUT2D eigenvalue weighted by molar-refractivity contribution is 8.15. The average Bonchev–Trinajstić information content (AvgIpc) is 3.07. The van der Waals surface area contributed by atoms with Crippen LogP contribution >= 0.6 is 35.0 Å². The lowest BCUT2D eigenvalue weighted by atomic mass is 10.1. The molecule has 5 nitrogen and oxygen atoms in total. The van der Waals surface area contributed by atoms with Crippen molar-refractivity contribution >= 4 is 46.1 Å². The van der Waals surface area contributed by atoms with Crippen LogP contribution in [-0.4, -0.2) is 28.4 Å². The summed E-state index contributed by atoms with van der Waals surface area (Å²) in [5, 5.41) is 0.0519. The van der Waals surface area contributed by atoms with E-state index in [4.69, 9.17) is 32.7 Å². The molecule has 0 spiro atoms. The second-order valence-electron chi connectivity index (χ2n) is 7.65. The van der Waals surface area contributed by atoms with Crippen LogP contribution in [0.25, 0.3) is 0 Å². The van der Waals surface area contributed by atoms with E-state index in [0.29, 0.717) is 28.0 Å². The number of carbonyl (C=O) groups is 2. The van der Waals surface area contributed by atoms with Crippen LogP contribution in [0.5, 0.6) is 11.5 Å². The van der Waals surface area contributed by atoms with Crippen LogP contribution < -0.4 is 9.47 Å². The molecule has 1 aliphatic rings. The summed E-state index contributed by atoms with van der Waals surface area (Å²) in [6.45, 7) is 0.374. The third kappa shape index (κ3) is 5.66. The smallest absolute Gasteiger partial charge is 0.289 e. The van der Waals surface area contributed by atoms with Crippen LogP contribution in [0.15, 0.2) is 60.7 Å². The number of hydrogen-bond donors (Lipinski definition) is 0. The molecule has 0 aromatic heterocycles. The zero-order valence-electron chi connectivity index (χ0n) is 18.1. The number of carbonyl (C=O) groups excluding carboxylic acids is 2. The van der Waals surface area contributed by atoms with E-state index in [9.17, 15) is 14.0 Å². The molecule has 0 bridgehead atoms. The lowest BCUT2D eigenvalue weighted by molar-refractivity contribution is -0.127. The Balaban J connectivity index is 1.45. The number of imide groups is 1. The van der Waals surface area contributed by atoms with E-state index in [2.05, 4.69) is 0 Å². The van der Waals surface area contributed by atoms with Gasteiger partial charge >= 0.3 is 0 Å². The van der Waals surface area contributed by atoms with Crippen LogP contribution in [0.2, 0.25) is 10.0 Å². The highest BCUT2D eigenvalue weighted by Crippen LogP contribution is 2.39. The first-order chi connectivity index (χ1) is 16.3. The van der Waals surface area contributed by atoms with Gasteiger partial charge in [0.05, 0.1) is 23.9 Å². The van der Waals surface area contributed by atoms with Crippen molar-refractivity contribution in [3.8, 4) is 11.5 Å². The molecule has 9 heteroatoms. The second kappa shape index (κ2) is 10.7. The molecular weight excluding hydrogens is 500 g/mol. The first-order valence-electron chi connectivity index (χ1n) is 10.3. The van der Waals surface area contributed by atoms with E-state index >= 15 is 0 Å². The molecule has 1 fully saturated rings. The number of halogens is 3. The summed E-state index contributed by atoms with van der Waals surface area (Å²) in [5.74, 6) is 0.178. The normalized spacial score (nSPS) is 15.6. The lowest BCUT2D eigenvalue weighted by Gasteiger charge is -2.16. The van der Waals surface area contributed by atoms with Crippen LogP contribution in [0.4, 0.5) is 9.18 Å². The Morgan fingerprint density at radius 1 is 0.971 bits per heavy atom. The quantitative estimate of drug-likeness (QED) is 0.338. The summed E-state index contributed by atoms with van der Waals surface area (Å²) in [6.07, 6.45) is 0.306. The number of ether oxygens (including phenoxy) is 2. The minimum absolute atomic E-state index is 0.181. The summed E-state index contributed by atoms with van der Waals surface area (Å²) in [5.41, 5.74) is 2.33. The molecule has 1 heterocycles. The van der Waals surface area contributed by atoms with E-state index in [1.54, 1.807) is 48.5 Å². The Labute approximate surface area is 210 Å². The highest BCUT2D eigenvalue weighted by atomic mass is 35.5. The third-order valence-electron chi connectivity index (χ3n) is 5.27. The molecule has 4 rings (SSSR count). The Bertz CT molecular complexity index is 1200. The van der Waals surface area contributed by atoms with Gasteiger partial charge in [-0.1, -0.05) is 59.2 Å². The van der Waals surface area contributed by atoms with E-state index in [1.165, 1.54) is 24.1 Å². The molecule has 0 N–H and O–H groups in total. The molecule has 1 aliphatic heterocycles. The third-order valence-corrected chi connectivity index (χ3v) is 6.87. The van der Waals surface area contributed by atoms with Crippen LogP contribution in [0.3, 0.4) is 0 Å². The molecule has 0 saturated carbocycles. The van der Waals surface area contributed by atoms with Crippen molar-refractivity contribution in [2.75, 3.05) is 7.11 Å². The molecule has 0 radical (unpaired) electrons. The molecular formula is C25H20Cl2FNO4S. The summed E-state index contributed by atoms with van der Waals surface area (Å²) in [6, 6.07) is 16.4. The molecule has 34 heavy (non-hydrogen) atoms. The van der Waals surface area contributed by atoms with Gasteiger partial charge in [0, 0.05) is 5.02 Å². The van der Waals surface area contributed by atoms with Crippen molar-refractivity contribution in [2.24, 2.45) is 0 Å². The monoisotopic (exact) mass is 519 g/mol. The van der Waals surface area contributed by atoms with Gasteiger partial charge in [-0.2, -0.15) is 0 Å². The molecule has 2 amide bonds. The Morgan fingerprint density at radius 3 is 2.32 bits per heavy atom. The molecule has 3 aromatic carbocycles. The number of hydrogen-bond acceptors (Lipinski definition) is 5. The summed E-state index contributed by atoms with van der Waals surface area (Å²) in [7, 11) is 1.49. The fourth-order valence-corrected chi connectivity index (χ4v) is 4.97. The van der Waals surface area contributed by atoms with Crippen molar-refractivity contribution in [2.45, 2.75) is 24.8 Å². The number of nitrogens with zero attached hydrogens (tertiary/aromatic N) is 1. The van der Waals surface area contributed by atoms with Gasteiger partial charge < -0.3 is 9.47 Å². The van der Waals surface area contributed by atoms with Crippen molar-refractivity contribution in [1.29, 1.82) is 0 Å². The summed E-state index contributed by atoms with van der Waals surface area (Å²) in [4.78, 5) is 26.7. The number of benzene rings is 3. The molecule has 1 atom stereocenters. The minimum Gasteiger partial charge on any atom is -0.493 e. The Morgan fingerprint density at radius 2 is 1.65 bits per heavy atom. The summed E-state index contributed by atoms with van der Waals surface area (Å²) < 4.78 is 24.4. The van der Waals surface area contributed by atoms with E-state index in [0.717, 1.165) is 28.5 Å². The van der Waals surface area contributed by atoms with Crippen LogP contribution in [0, 0.1) is 5.82 Å². The van der Waals surface area contributed by atoms with Crippen molar-refractivity contribution in [3.63, 3.8) is 0 Å². The fourth-order valence-electron chi connectivity index (χ4n) is 3.52. The maximum Gasteiger partial charge on any atom is 0.289 e. The SMILES string of the molecule is COc1cc(C[C@H]2SC(=O)N(Cc3ccc(Cl)cc3)C2=O)cc(Cl)c1OCc1ccc(F)cc1. The maximum absolute atomic E-state index is 13.1. The Kier molecular flexibility index (Phi) is 7.66. The fraction of sp³-hybridized carbons (Fsp3) is 0.200. The topological polar surface area (TPSA) is 55.8 Å². The minimum atomic E-state index is -0.563. The predicted octanol–water partition coefficient (Wildman–Crippen LogP) is 6.53. The average molecular weight is 520 g/mol. The standard InChI is InChI=1S/C25H20Cl2FNO4S/c1-32-21-11-17(10-20(27)23(21)33-14-16-4-8-19(28)9-5-16)12-22-24(30)29(25(31)34-22)13-15-2-6-18(26)7-3-15/h2-11,22H,12-14H2,1H3/t22-/m1/s1. The number of rotatable bonds is 8. The maximum atomic E-state index is 13.1. The van der Waals surface area contributed by atoms with Crippen molar-refractivity contribution in [3.05, 3.63) is 93.2 Å². The van der Waals surface area contributed by atoms with E-state index in [-0.39, 0.29) is 30.1 Å². The number of thioether (sulfide) groups is 1. The predicted molar refractivity (Wildman–Crippen MR) is 131 cm³/mol. The highest BCUT2D eigenvalue weighted by Gasteiger charge is 2.39. The van der Waals surface area contributed by atoms with Gasteiger partial charge in [0.15, 0.2) is 11.5 Å². The zero-order chi connectivity index (χ0) is 24.2. The van der Waals surface area contributed by atoms with Crippen LogP contribution in [-0.2, 0) is 24.4 Å². The Hall–Kier alpha value is -2.74. The van der Waals surface area contributed by atoms with Gasteiger partial charge in [-0.3, -0.25) is 14.5 Å². The van der Waals surface area contributed by atoms with Gasteiger partial charge in [-0.25, -0.2) is 4.39 Å². The molecule has 3 aromatic rings. The second-order valence-corrected chi connectivity index (χ2v) is 9.65. The number of methoxy groups -OCH3 is 1. The lowest BCUT2D eigenvalue weighted by Crippen LogP contribution is -2.31. The largest absolute Gasteiger partial charge is 0.493 e. The molecule has 176 valence electrons. The van der Waals surface area contributed by atoms with Gasteiger partial charge in [-0.15, -0.1) is 0 Å². The van der Waals surface area contributed by atoms with E-state index < -0.39 is 5.25 Å².